The summed E-state index contributed by atoms with van der Waals surface area (Å²) in [5.41, 5.74) is 3.09. The molecule has 1 fully saturated rings. The molecule has 4 nitrogen and oxygen atoms in total. The summed E-state index contributed by atoms with van der Waals surface area (Å²) < 4.78 is 0. The van der Waals surface area contributed by atoms with Crippen molar-refractivity contribution < 1.29 is 9.59 Å². The quantitative estimate of drug-likeness (QED) is 0.682. The smallest absolute Gasteiger partial charge is 0.251 e. The van der Waals surface area contributed by atoms with E-state index in [0.29, 0.717) is 18.5 Å². The molecule has 0 saturated carbocycles. The van der Waals surface area contributed by atoms with E-state index >= 15 is 0 Å². The first-order chi connectivity index (χ1) is 14.6. The molecule has 0 spiro atoms. The molecule has 0 unspecified atom stereocenters. The van der Waals surface area contributed by atoms with Gasteiger partial charge < -0.3 is 10.2 Å². The van der Waals surface area contributed by atoms with Crippen molar-refractivity contribution in [1.82, 2.24) is 10.2 Å². The average molecular weight is 409 g/mol. The molecule has 1 N–H and O–H groups in total. The molecule has 4 heteroatoms. The van der Waals surface area contributed by atoms with Gasteiger partial charge in [0, 0.05) is 17.8 Å². The number of amides is 1. The summed E-state index contributed by atoms with van der Waals surface area (Å²) in [5, 5.41) is 2.91. The van der Waals surface area contributed by atoms with Gasteiger partial charge in [-0.05, 0) is 49.8 Å². The van der Waals surface area contributed by atoms with Crippen LogP contribution in [0.4, 0.5) is 0 Å². The van der Waals surface area contributed by atoms with Gasteiger partial charge in [0.2, 0.25) is 0 Å². The number of hydrogen-bond acceptors (Lipinski definition) is 3. The molecule has 0 bridgehead atoms. The van der Waals surface area contributed by atoms with E-state index in [-0.39, 0.29) is 11.7 Å². The van der Waals surface area contributed by atoms with Crippen LogP contribution in [0.3, 0.4) is 0 Å². The predicted molar refractivity (Wildman–Crippen MR) is 124 cm³/mol. The van der Waals surface area contributed by atoms with Crippen LogP contribution < -0.4 is 5.32 Å². The number of nitrogens with one attached hydrogen (secondary N) is 1. The summed E-state index contributed by atoms with van der Waals surface area (Å²) in [6, 6.07) is 8.60. The Morgan fingerprint density at radius 3 is 2.53 bits per heavy atom. The van der Waals surface area contributed by atoms with Gasteiger partial charge in [0.15, 0.2) is 5.78 Å². The summed E-state index contributed by atoms with van der Waals surface area (Å²) in [4.78, 5) is 27.6. The molecule has 0 radical (unpaired) electrons. The Morgan fingerprint density at radius 2 is 1.83 bits per heavy atom. The third-order valence-electron chi connectivity index (χ3n) is 5.16. The topological polar surface area (TPSA) is 49.4 Å². The number of carbonyl (C=O) groups excluding carboxylic acids is 2. The first-order valence-corrected chi connectivity index (χ1v) is 11.3. The molecule has 1 atom stereocenters. The van der Waals surface area contributed by atoms with Crippen molar-refractivity contribution >= 4 is 11.7 Å². The van der Waals surface area contributed by atoms with Crippen LogP contribution in [0.2, 0.25) is 0 Å². The molecular formula is C26H36N2O2. The predicted octanol–water partition coefficient (Wildman–Crippen LogP) is 5.44. The Balaban J connectivity index is 0.00000101. The Bertz CT molecular complexity index is 777. The number of carbonyl (C=O) groups is 2. The molecule has 2 aliphatic rings. The highest BCUT2D eigenvalue weighted by Crippen LogP contribution is 2.27. The van der Waals surface area contributed by atoms with Crippen molar-refractivity contribution in [3.05, 3.63) is 71.5 Å². The van der Waals surface area contributed by atoms with Crippen molar-refractivity contribution in [2.24, 2.45) is 0 Å². The maximum absolute atomic E-state index is 13.0. The fourth-order valence-electron chi connectivity index (χ4n) is 3.64. The molecule has 1 aliphatic heterocycles. The lowest BCUT2D eigenvalue weighted by Gasteiger charge is -2.28. The van der Waals surface area contributed by atoms with Gasteiger partial charge >= 0.3 is 0 Å². The van der Waals surface area contributed by atoms with E-state index in [9.17, 15) is 9.59 Å². The Kier molecular flexibility index (Phi) is 10.1. The highest BCUT2D eigenvalue weighted by molar-refractivity contribution is 5.98. The molecule has 1 aromatic rings. The molecule has 162 valence electrons. The molecule has 1 amide bonds. The van der Waals surface area contributed by atoms with Crippen LogP contribution in [0, 0.1) is 0 Å². The number of ketones is 1. The van der Waals surface area contributed by atoms with Gasteiger partial charge in [0.05, 0.1) is 12.6 Å². The maximum Gasteiger partial charge on any atom is 0.251 e. The maximum atomic E-state index is 13.0. The number of likely N-dealkylation sites (tertiary alicyclic amines) is 1. The summed E-state index contributed by atoms with van der Waals surface area (Å²) in [6.07, 6.45) is 14.7. The lowest BCUT2D eigenvalue weighted by Crippen LogP contribution is -2.45. The molecule has 1 saturated heterocycles. The van der Waals surface area contributed by atoms with Gasteiger partial charge in [0.25, 0.3) is 5.91 Å². The molecule has 30 heavy (non-hydrogen) atoms. The normalized spacial score (nSPS) is 16.6. The van der Waals surface area contributed by atoms with Gasteiger partial charge in [0.1, 0.15) is 0 Å². The molecule has 0 aromatic heterocycles. The Hall–Kier alpha value is -2.62. The third-order valence-corrected chi connectivity index (χ3v) is 5.16. The number of allylic oxidation sites excluding steroid dienone is 5. The van der Waals surface area contributed by atoms with Crippen LogP contribution in [0.15, 0.2) is 65.9 Å². The van der Waals surface area contributed by atoms with E-state index < -0.39 is 6.04 Å². The van der Waals surface area contributed by atoms with Crippen LogP contribution in [0.5, 0.6) is 0 Å². The number of Topliss-reactive ketones (excluding diaryl/α,β-unsaturated/α-hetero) is 1. The highest BCUT2D eigenvalue weighted by atomic mass is 16.2. The number of rotatable bonds is 6. The molecular weight excluding hydrogens is 372 g/mol. The standard InChI is InChI=1S/C23H28N2O2.C3H8/c1-2-20(24-23(27)19-13-6-3-7-14-19)22(26)17-25-16-10-9-12-18-11-5-4-8-15-21(18)25;1-3-2/h3-7,11,13-15,20H,2,8-10,12,16-17H2,1H3,(H,24,27);3H2,1-2H3/t20-;/m0./s1. The van der Waals surface area contributed by atoms with Gasteiger partial charge in [-0.2, -0.15) is 0 Å². The van der Waals surface area contributed by atoms with Crippen molar-refractivity contribution in [2.75, 3.05) is 13.1 Å². The number of hydrogen-bond donors (Lipinski definition) is 1. The van der Waals surface area contributed by atoms with Gasteiger partial charge in [-0.1, -0.05) is 69.7 Å². The molecule has 1 aliphatic carbocycles. The SMILES string of the molecule is CCC.CC[C@H](NC(=O)c1ccccc1)C(=O)CN1CCCCC2=CC=CCC=C21. The molecule has 1 aromatic carbocycles. The lowest BCUT2D eigenvalue weighted by molar-refractivity contribution is -0.121. The summed E-state index contributed by atoms with van der Waals surface area (Å²) >= 11 is 0. The summed E-state index contributed by atoms with van der Waals surface area (Å²) in [5.74, 6) is -0.119. The van der Waals surface area contributed by atoms with Crippen LogP contribution in [-0.4, -0.2) is 35.7 Å². The van der Waals surface area contributed by atoms with Crippen LogP contribution >= 0.6 is 0 Å². The largest absolute Gasteiger partial charge is 0.364 e. The van der Waals surface area contributed by atoms with Gasteiger partial charge in [-0.25, -0.2) is 0 Å². The van der Waals surface area contributed by atoms with Gasteiger partial charge in [-0.3, -0.25) is 9.59 Å². The van der Waals surface area contributed by atoms with E-state index in [1.165, 1.54) is 17.7 Å². The van der Waals surface area contributed by atoms with E-state index in [1.54, 1.807) is 12.1 Å². The van der Waals surface area contributed by atoms with Crippen molar-refractivity contribution in [1.29, 1.82) is 0 Å². The Morgan fingerprint density at radius 1 is 1.10 bits per heavy atom. The zero-order valence-electron chi connectivity index (χ0n) is 18.7. The van der Waals surface area contributed by atoms with Crippen molar-refractivity contribution in [3.8, 4) is 0 Å². The summed E-state index contributed by atoms with van der Waals surface area (Å²) in [6.45, 7) is 7.42. The third kappa shape index (κ3) is 7.01. The number of fused-ring (bicyclic) bond motifs is 1. The van der Waals surface area contributed by atoms with E-state index in [4.69, 9.17) is 0 Å². The highest BCUT2D eigenvalue weighted by Gasteiger charge is 2.25. The zero-order valence-corrected chi connectivity index (χ0v) is 18.7. The Labute approximate surface area is 181 Å². The van der Waals surface area contributed by atoms with E-state index in [2.05, 4.69) is 48.4 Å². The number of nitrogens with zero attached hydrogens (tertiary/aromatic N) is 1. The van der Waals surface area contributed by atoms with Crippen LogP contribution in [0.25, 0.3) is 0 Å². The average Bonchev–Trinajstić information content (AvgIpc) is 3.10. The first-order valence-electron chi connectivity index (χ1n) is 11.3. The minimum Gasteiger partial charge on any atom is -0.364 e. The minimum absolute atomic E-state index is 0.0705. The minimum atomic E-state index is -0.460. The monoisotopic (exact) mass is 408 g/mol. The molecule has 1 heterocycles. The fraction of sp³-hybridized carbons (Fsp3) is 0.462. The van der Waals surface area contributed by atoms with E-state index in [1.807, 2.05) is 25.1 Å². The van der Waals surface area contributed by atoms with E-state index in [0.717, 1.165) is 32.2 Å². The first kappa shape index (κ1) is 23.7. The van der Waals surface area contributed by atoms with Crippen LogP contribution in [0.1, 0.15) is 69.7 Å². The second kappa shape index (κ2) is 12.8. The van der Waals surface area contributed by atoms with Crippen molar-refractivity contribution in [3.63, 3.8) is 0 Å². The molecule has 3 rings (SSSR count). The second-order valence-electron chi connectivity index (χ2n) is 7.80. The van der Waals surface area contributed by atoms with Crippen molar-refractivity contribution in [2.45, 2.75) is 65.3 Å². The lowest BCUT2D eigenvalue weighted by atomic mass is 10.1. The second-order valence-corrected chi connectivity index (χ2v) is 7.80. The number of benzene rings is 1. The zero-order chi connectivity index (χ0) is 21.8. The van der Waals surface area contributed by atoms with Gasteiger partial charge in [-0.15, -0.1) is 0 Å². The summed E-state index contributed by atoms with van der Waals surface area (Å²) in [7, 11) is 0. The van der Waals surface area contributed by atoms with Crippen LogP contribution in [-0.2, 0) is 4.79 Å². The fourth-order valence-corrected chi connectivity index (χ4v) is 3.64.